The number of allylic oxidation sites excluding steroid dienone is 2. The van der Waals surface area contributed by atoms with Crippen LogP contribution in [-0.2, 0) is 4.79 Å². The number of nitrogens with one attached hydrogen (secondary N) is 1. The van der Waals surface area contributed by atoms with E-state index in [-0.39, 0.29) is 0 Å². The van der Waals surface area contributed by atoms with Crippen molar-refractivity contribution in [3.8, 4) is 0 Å². The van der Waals surface area contributed by atoms with E-state index in [1.54, 1.807) is 0 Å². The predicted octanol–water partition coefficient (Wildman–Crippen LogP) is 2.65. The number of hydrogen-bond acceptors (Lipinski definition) is 5. The van der Waals surface area contributed by atoms with Gasteiger partial charge in [0.05, 0.1) is 0 Å². The van der Waals surface area contributed by atoms with Crippen molar-refractivity contribution in [2.45, 2.75) is 32.1 Å². The molecule has 0 saturated carbocycles. The minimum atomic E-state index is -0.717. The predicted molar refractivity (Wildman–Crippen MR) is 107 cm³/mol. The Labute approximate surface area is 145 Å². The van der Waals surface area contributed by atoms with Gasteiger partial charge in [-0.25, -0.2) is 0 Å². The van der Waals surface area contributed by atoms with Gasteiger partial charge in [-0.3, -0.25) is 4.79 Å². The molecule has 1 heterocycles. The van der Waals surface area contributed by atoms with Crippen molar-refractivity contribution in [3.05, 3.63) is 35.8 Å². The first-order valence-corrected chi connectivity index (χ1v) is 11.1. The summed E-state index contributed by atoms with van der Waals surface area (Å²) in [5, 5.41) is 3.51. The van der Waals surface area contributed by atoms with Crippen LogP contribution in [0.4, 0.5) is 0 Å². The van der Waals surface area contributed by atoms with E-state index >= 15 is 0 Å². The Balaban J connectivity index is 2.25. The fourth-order valence-corrected chi connectivity index (χ4v) is 5.40. The molecule has 0 fully saturated rings. The molecule has 0 aromatic heterocycles. The van der Waals surface area contributed by atoms with Crippen molar-refractivity contribution in [1.82, 2.24) is 5.32 Å². The monoisotopic (exact) mass is 355 g/mol. The number of thioether (sulfide) groups is 1. The zero-order valence-electron chi connectivity index (χ0n) is 13.9. The first-order valence-electron chi connectivity index (χ1n) is 8.25. The Kier molecular flexibility index (Phi) is 11.2. The van der Waals surface area contributed by atoms with Gasteiger partial charge in [0.1, 0.15) is 0 Å². The number of unbranched alkanes of at least 4 members (excludes halogenated alkanes) is 3. The molecule has 4 nitrogen and oxygen atoms in total. The summed E-state index contributed by atoms with van der Waals surface area (Å²) in [4.78, 5) is 11.9. The van der Waals surface area contributed by atoms with Crippen LogP contribution >= 0.6 is 19.3 Å². The summed E-state index contributed by atoms with van der Waals surface area (Å²) in [7, 11) is -0.717. The molecular weight excluding hydrogens is 325 g/mol. The molecule has 1 unspecified atom stereocenters. The Morgan fingerprint density at radius 3 is 2.65 bits per heavy atom. The maximum Gasteiger partial charge on any atom is 0.189 e. The van der Waals surface area contributed by atoms with Gasteiger partial charge in [-0.05, 0) is 25.0 Å². The van der Waals surface area contributed by atoms with Crippen molar-refractivity contribution in [1.29, 1.82) is 0 Å². The molecular formula is C17H30N3OPS. The average Bonchev–Trinajstić information content (AvgIpc) is 2.58. The van der Waals surface area contributed by atoms with Gasteiger partial charge in [0.2, 0.25) is 0 Å². The maximum absolute atomic E-state index is 11.9. The summed E-state index contributed by atoms with van der Waals surface area (Å²) in [6.45, 7) is 6.09. The molecule has 0 aromatic rings. The van der Waals surface area contributed by atoms with Crippen LogP contribution in [0, 0.1) is 0 Å². The molecule has 1 rings (SSSR count). The van der Waals surface area contributed by atoms with Crippen LogP contribution in [0.2, 0.25) is 0 Å². The third kappa shape index (κ3) is 9.21. The van der Waals surface area contributed by atoms with E-state index in [1.165, 1.54) is 11.8 Å². The minimum Gasteiger partial charge on any atom is -0.384 e. The molecule has 23 heavy (non-hydrogen) atoms. The van der Waals surface area contributed by atoms with E-state index in [2.05, 4.69) is 35.7 Å². The van der Waals surface area contributed by atoms with Crippen LogP contribution in [0.25, 0.3) is 0 Å². The summed E-state index contributed by atoms with van der Waals surface area (Å²) in [5.41, 5.74) is 13.8. The zero-order valence-corrected chi connectivity index (χ0v) is 15.7. The minimum absolute atomic E-state index is 0.320. The lowest BCUT2D eigenvalue weighted by Crippen LogP contribution is -2.22. The van der Waals surface area contributed by atoms with Crippen molar-refractivity contribution in [2.75, 3.05) is 25.1 Å². The first kappa shape index (κ1) is 20.3. The molecule has 1 aliphatic rings. The van der Waals surface area contributed by atoms with Crippen LogP contribution in [-0.4, -0.2) is 36.0 Å². The third-order valence-electron chi connectivity index (χ3n) is 3.52. The lowest BCUT2D eigenvalue weighted by molar-refractivity contribution is -0.111. The van der Waals surface area contributed by atoms with Gasteiger partial charge in [0.25, 0.3) is 0 Å². The largest absolute Gasteiger partial charge is 0.384 e. The Morgan fingerprint density at radius 2 is 2.00 bits per heavy atom. The topological polar surface area (TPSA) is 81.1 Å². The van der Waals surface area contributed by atoms with Crippen LogP contribution in [0.5, 0.6) is 0 Å². The third-order valence-corrected chi connectivity index (χ3v) is 7.15. The maximum atomic E-state index is 11.9. The fourth-order valence-electron chi connectivity index (χ4n) is 2.13. The van der Waals surface area contributed by atoms with Gasteiger partial charge < -0.3 is 16.8 Å². The highest BCUT2D eigenvalue weighted by atomic mass is 32.2. The summed E-state index contributed by atoms with van der Waals surface area (Å²) in [6.07, 6.45) is 9.20. The molecule has 0 bridgehead atoms. The molecule has 0 amide bonds. The summed E-state index contributed by atoms with van der Waals surface area (Å²) < 4.78 is 0. The second-order valence-electron chi connectivity index (χ2n) is 5.50. The average molecular weight is 355 g/mol. The normalized spacial score (nSPS) is 16.6. The second kappa shape index (κ2) is 12.7. The molecule has 130 valence electrons. The van der Waals surface area contributed by atoms with Crippen LogP contribution in [0.3, 0.4) is 0 Å². The smallest absolute Gasteiger partial charge is 0.189 e. The standard InChI is InChI=1S/C17H30N3OPS/c1-15(20-11-10-19)16-7-12-22(13-8-16)14-23-17(21)6-4-2-3-5-9-18/h7-8,12-13,20,22H,1-6,9-11,14,18-19H2. The van der Waals surface area contributed by atoms with Crippen LogP contribution < -0.4 is 16.8 Å². The van der Waals surface area contributed by atoms with Crippen LogP contribution in [0.15, 0.2) is 35.8 Å². The lowest BCUT2D eigenvalue weighted by atomic mass is 10.1. The van der Waals surface area contributed by atoms with E-state index in [1.807, 2.05) is 0 Å². The SMILES string of the molecule is C=C(NCCN)C1=CC=[PH](CSC(=O)CCCCCCN)C=C1. The molecule has 5 N–H and O–H groups in total. The van der Waals surface area contributed by atoms with Crippen molar-refractivity contribution >= 4 is 30.2 Å². The molecule has 0 spiro atoms. The number of carbonyl (C=O) groups excluding carboxylic acids is 1. The van der Waals surface area contributed by atoms with Gasteiger partial charge in [0, 0.05) is 30.7 Å². The summed E-state index contributed by atoms with van der Waals surface area (Å²) in [6, 6.07) is 0. The van der Waals surface area contributed by atoms with E-state index in [0.717, 1.165) is 55.5 Å². The molecule has 0 aliphatic carbocycles. The van der Waals surface area contributed by atoms with Crippen LogP contribution in [0.1, 0.15) is 32.1 Å². The lowest BCUT2D eigenvalue weighted by Gasteiger charge is -2.13. The summed E-state index contributed by atoms with van der Waals surface area (Å²) in [5.74, 6) is 4.47. The van der Waals surface area contributed by atoms with E-state index in [9.17, 15) is 4.79 Å². The highest BCUT2D eigenvalue weighted by molar-refractivity contribution is 8.17. The second-order valence-corrected chi connectivity index (χ2v) is 9.22. The van der Waals surface area contributed by atoms with Gasteiger partial charge in [0.15, 0.2) is 5.12 Å². The molecule has 1 aliphatic heterocycles. The molecule has 6 heteroatoms. The van der Waals surface area contributed by atoms with Gasteiger partial charge >= 0.3 is 0 Å². The Morgan fingerprint density at radius 1 is 1.22 bits per heavy atom. The highest BCUT2D eigenvalue weighted by Crippen LogP contribution is 2.34. The van der Waals surface area contributed by atoms with Gasteiger partial charge in [-0.1, -0.05) is 62.5 Å². The first-order chi connectivity index (χ1) is 11.2. The molecule has 0 saturated heterocycles. The number of rotatable bonds is 12. The summed E-state index contributed by atoms with van der Waals surface area (Å²) >= 11 is 1.49. The van der Waals surface area contributed by atoms with E-state index < -0.39 is 7.55 Å². The molecule has 0 radical (unpaired) electrons. The zero-order chi connectivity index (χ0) is 16.9. The van der Waals surface area contributed by atoms with Crippen molar-refractivity contribution < 1.29 is 4.79 Å². The highest BCUT2D eigenvalue weighted by Gasteiger charge is 2.06. The fraction of sp³-hybridized carbons (Fsp3) is 0.529. The van der Waals surface area contributed by atoms with E-state index in [0.29, 0.717) is 18.1 Å². The van der Waals surface area contributed by atoms with E-state index in [4.69, 9.17) is 11.5 Å². The number of carbonyl (C=O) groups is 1. The Bertz CT molecular complexity index is 486. The number of nitrogens with two attached hydrogens (primary N) is 2. The van der Waals surface area contributed by atoms with Gasteiger partial charge in [-0.15, -0.1) is 0 Å². The molecule has 1 atom stereocenters. The van der Waals surface area contributed by atoms with Crippen molar-refractivity contribution in [2.24, 2.45) is 11.5 Å². The number of hydrogen-bond donors (Lipinski definition) is 3. The van der Waals surface area contributed by atoms with Gasteiger partial charge in [-0.2, -0.15) is 0 Å². The molecule has 0 aromatic carbocycles. The van der Waals surface area contributed by atoms with Crippen molar-refractivity contribution in [3.63, 3.8) is 0 Å². The quantitative estimate of drug-likeness (QED) is 0.370. The Hall–Kier alpha value is -0.740.